The summed E-state index contributed by atoms with van der Waals surface area (Å²) in [7, 11) is 0. The maximum atomic E-state index is 5.71. The minimum absolute atomic E-state index is 0.100. The van der Waals surface area contributed by atoms with Gasteiger partial charge in [0, 0.05) is 17.9 Å². The van der Waals surface area contributed by atoms with Crippen molar-refractivity contribution in [3.8, 4) is 0 Å². The van der Waals surface area contributed by atoms with Crippen molar-refractivity contribution < 1.29 is 4.84 Å². The van der Waals surface area contributed by atoms with Crippen LogP contribution < -0.4 is 16.1 Å². The average Bonchev–Trinajstić information content (AvgIpc) is 3.39. The van der Waals surface area contributed by atoms with Crippen molar-refractivity contribution in [1.82, 2.24) is 9.97 Å². The molecule has 1 saturated carbocycles. The third kappa shape index (κ3) is 3.56. The molecule has 2 heterocycles. The summed E-state index contributed by atoms with van der Waals surface area (Å²) < 4.78 is 0.861. The topological polar surface area (TPSA) is 71.1 Å². The Bertz CT molecular complexity index is 707. The van der Waals surface area contributed by atoms with Gasteiger partial charge in [0.2, 0.25) is 5.95 Å². The van der Waals surface area contributed by atoms with Gasteiger partial charge in [-0.05, 0) is 53.2 Å². The van der Waals surface area contributed by atoms with Crippen LogP contribution in [0, 0.1) is 0 Å². The predicted octanol–water partition coefficient (Wildman–Crippen LogP) is 3.54. The van der Waals surface area contributed by atoms with E-state index in [2.05, 4.69) is 60.2 Å². The fourth-order valence-corrected chi connectivity index (χ4v) is 2.87. The van der Waals surface area contributed by atoms with Crippen molar-refractivity contribution in [3.63, 3.8) is 0 Å². The zero-order valence-electron chi connectivity index (χ0n) is 12.6. The molecule has 120 valence electrons. The smallest absolute Gasteiger partial charge is 0.249 e. The van der Waals surface area contributed by atoms with Crippen LogP contribution in [0.15, 0.2) is 34.9 Å². The van der Waals surface area contributed by atoms with Crippen molar-refractivity contribution in [3.05, 3.63) is 40.5 Å². The molecule has 7 heteroatoms. The van der Waals surface area contributed by atoms with Crippen LogP contribution in [0.4, 0.5) is 17.5 Å². The molecule has 1 aromatic carbocycles. The molecular weight excluding hydrogens is 358 g/mol. The Kier molecular flexibility index (Phi) is 4.05. The second-order valence-corrected chi connectivity index (χ2v) is 6.71. The number of benzene rings is 1. The molecule has 3 N–H and O–H groups in total. The molecule has 0 spiro atoms. The number of nitrogens with zero attached hydrogens (tertiary/aromatic N) is 2. The van der Waals surface area contributed by atoms with E-state index in [1.165, 1.54) is 18.4 Å². The monoisotopic (exact) mass is 375 g/mol. The first-order valence-electron chi connectivity index (χ1n) is 7.83. The van der Waals surface area contributed by atoms with Gasteiger partial charge in [0.05, 0.1) is 4.47 Å². The molecular formula is C16H18BrN5O. The Hall–Kier alpha value is -1.86. The summed E-state index contributed by atoms with van der Waals surface area (Å²) in [5, 5.41) is 6.74. The number of halogens is 1. The molecule has 1 atom stereocenters. The third-order valence-electron chi connectivity index (χ3n) is 3.96. The number of aromatic nitrogens is 2. The molecule has 0 radical (unpaired) electrons. The number of rotatable bonds is 5. The van der Waals surface area contributed by atoms with Gasteiger partial charge in [-0.15, -0.1) is 0 Å². The number of fused-ring (bicyclic) bond motifs is 1. The van der Waals surface area contributed by atoms with Gasteiger partial charge >= 0.3 is 0 Å². The lowest BCUT2D eigenvalue weighted by molar-refractivity contribution is 0.110. The van der Waals surface area contributed by atoms with Gasteiger partial charge in [-0.3, -0.25) is 0 Å². The van der Waals surface area contributed by atoms with Gasteiger partial charge in [0.1, 0.15) is 5.82 Å². The van der Waals surface area contributed by atoms with Crippen LogP contribution in [-0.4, -0.2) is 22.2 Å². The number of aryl methyl sites for hydroxylation is 1. The highest BCUT2D eigenvalue weighted by Gasteiger charge is 2.23. The molecule has 2 aromatic rings. The molecule has 1 fully saturated rings. The van der Waals surface area contributed by atoms with E-state index >= 15 is 0 Å². The van der Waals surface area contributed by atoms with Crippen LogP contribution in [0.3, 0.4) is 0 Å². The minimum Gasteiger partial charge on any atom is -0.366 e. The van der Waals surface area contributed by atoms with Gasteiger partial charge in [0.25, 0.3) is 0 Å². The fourth-order valence-electron chi connectivity index (χ4n) is 2.56. The zero-order chi connectivity index (χ0) is 15.6. The molecule has 6 nitrogen and oxygen atoms in total. The molecule has 1 aliphatic carbocycles. The first-order valence-corrected chi connectivity index (χ1v) is 8.62. The molecule has 0 saturated heterocycles. The van der Waals surface area contributed by atoms with Crippen LogP contribution >= 0.6 is 15.9 Å². The standard InChI is InChI=1S/C16H18BrN5O/c17-12-9-18-16(21-15(12)19-11-6-7-11)22-23-14-8-5-10-3-1-2-4-13(10)20-14/h1-4,9,11,14,20H,5-8H2,(H2,18,19,21,22). The quantitative estimate of drug-likeness (QED) is 0.694. The maximum Gasteiger partial charge on any atom is 0.249 e. The van der Waals surface area contributed by atoms with Gasteiger partial charge in [0.15, 0.2) is 6.23 Å². The molecule has 4 rings (SSSR count). The summed E-state index contributed by atoms with van der Waals surface area (Å²) in [6.07, 6.45) is 5.91. The molecule has 1 unspecified atom stereocenters. The summed E-state index contributed by atoms with van der Waals surface area (Å²) >= 11 is 3.46. The van der Waals surface area contributed by atoms with Crippen LogP contribution in [0.5, 0.6) is 0 Å². The van der Waals surface area contributed by atoms with Crippen LogP contribution in [0.2, 0.25) is 0 Å². The Labute approximate surface area is 143 Å². The van der Waals surface area contributed by atoms with E-state index in [4.69, 9.17) is 4.84 Å². The minimum atomic E-state index is -0.100. The molecule has 23 heavy (non-hydrogen) atoms. The fraction of sp³-hybridized carbons (Fsp3) is 0.375. The van der Waals surface area contributed by atoms with E-state index in [-0.39, 0.29) is 6.23 Å². The Morgan fingerprint density at radius 3 is 2.96 bits per heavy atom. The van der Waals surface area contributed by atoms with E-state index in [9.17, 15) is 0 Å². The van der Waals surface area contributed by atoms with E-state index < -0.39 is 0 Å². The largest absolute Gasteiger partial charge is 0.366 e. The number of anilines is 3. The summed E-state index contributed by atoms with van der Waals surface area (Å²) in [5.74, 6) is 1.26. The highest BCUT2D eigenvalue weighted by atomic mass is 79.9. The number of hydrogen-bond acceptors (Lipinski definition) is 6. The highest BCUT2D eigenvalue weighted by molar-refractivity contribution is 9.10. The van der Waals surface area contributed by atoms with Crippen LogP contribution in [0.1, 0.15) is 24.8 Å². The predicted molar refractivity (Wildman–Crippen MR) is 93.3 cm³/mol. The summed E-state index contributed by atoms with van der Waals surface area (Å²) in [4.78, 5) is 14.4. The maximum absolute atomic E-state index is 5.71. The van der Waals surface area contributed by atoms with E-state index in [1.807, 2.05) is 6.07 Å². The van der Waals surface area contributed by atoms with E-state index in [1.54, 1.807) is 6.20 Å². The van der Waals surface area contributed by atoms with Crippen molar-refractivity contribution in [2.75, 3.05) is 16.1 Å². The normalized spacial score (nSPS) is 19.6. The number of para-hydroxylation sites is 1. The van der Waals surface area contributed by atoms with Crippen molar-refractivity contribution >= 4 is 33.4 Å². The lowest BCUT2D eigenvalue weighted by Crippen LogP contribution is -2.30. The number of nitrogens with one attached hydrogen (secondary N) is 3. The molecule has 1 aromatic heterocycles. The molecule has 0 amide bonds. The number of hydrogen-bond donors (Lipinski definition) is 3. The Morgan fingerprint density at radius 1 is 1.22 bits per heavy atom. The lowest BCUT2D eigenvalue weighted by Gasteiger charge is -2.26. The Balaban J connectivity index is 1.37. The van der Waals surface area contributed by atoms with Gasteiger partial charge in [-0.25, -0.2) is 15.3 Å². The van der Waals surface area contributed by atoms with Gasteiger partial charge in [-0.1, -0.05) is 18.2 Å². The summed E-state index contributed by atoms with van der Waals surface area (Å²) in [5.41, 5.74) is 5.31. The molecule has 1 aliphatic heterocycles. The van der Waals surface area contributed by atoms with E-state index in [0.29, 0.717) is 12.0 Å². The van der Waals surface area contributed by atoms with Crippen molar-refractivity contribution in [2.24, 2.45) is 0 Å². The summed E-state index contributed by atoms with van der Waals surface area (Å²) in [6.45, 7) is 0. The SMILES string of the molecule is Brc1cnc(NOC2CCc3ccccc3N2)nc1NC1CC1. The highest BCUT2D eigenvalue weighted by Crippen LogP contribution is 2.29. The zero-order valence-corrected chi connectivity index (χ0v) is 14.1. The second kappa shape index (κ2) is 6.33. The first kappa shape index (κ1) is 14.7. The van der Waals surface area contributed by atoms with E-state index in [0.717, 1.165) is 28.8 Å². The average molecular weight is 376 g/mol. The first-order chi connectivity index (χ1) is 11.3. The lowest BCUT2D eigenvalue weighted by atomic mass is 10.0. The van der Waals surface area contributed by atoms with Crippen molar-refractivity contribution in [1.29, 1.82) is 0 Å². The van der Waals surface area contributed by atoms with Crippen LogP contribution in [0.25, 0.3) is 0 Å². The second-order valence-electron chi connectivity index (χ2n) is 5.86. The molecule has 0 bridgehead atoms. The molecule has 2 aliphatic rings. The van der Waals surface area contributed by atoms with Gasteiger partial charge in [-0.2, -0.15) is 4.98 Å². The third-order valence-corrected chi connectivity index (χ3v) is 4.54. The Morgan fingerprint density at radius 2 is 2.09 bits per heavy atom. The van der Waals surface area contributed by atoms with Crippen LogP contribution in [-0.2, 0) is 11.3 Å². The summed E-state index contributed by atoms with van der Waals surface area (Å²) in [6, 6.07) is 8.82. The van der Waals surface area contributed by atoms with Crippen molar-refractivity contribution in [2.45, 2.75) is 38.0 Å². The van der Waals surface area contributed by atoms with Gasteiger partial charge < -0.3 is 10.6 Å².